The molecule has 0 radical (unpaired) electrons. The Labute approximate surface area is 167 Å². The number of amides is 1. The second kappa shape index (κ2) is 7.91. The quantitative estimate of drug-likeness (QED) is 0.616. The van der Waals surface area contributed by atoms with Gasteiger partial charge in [0, 0.05) is 29.7 Å². The number of thiophene rings is 1. The van der Waals surface area contributed by atoms with Gasteiger partial charge in [-0.05, 0) is 55.7 Å². The molecule has 1 atom stereocenters. The van der Waals surface area contributed by atoms with E-state index in [-0.39, 0.29) is 18.3 Å². The number of Topliss-reactive ketones (excluding diaryl/α,β-unsaturated/α-hetero) is 1. The van der Waals surface area contributed by atoms with Crippen LogP contribution in [0.15, 0.2) is 18.3 Å². The monoisotopic (exact) mass is 400 g/mol. The molecule has 1 N–H and O–H groups in total. The number of hydrogen-bond donors (Lipinski definition) is 1. The van der Waals surface area contributed by atoms with Crippen LogP contribution in [0.4, 0.5) is 0 Å². The third kappa shape index (κ3) is 3.90. The van der Waals surface area contributed by atoms with Crippen molar-refractivity contribution in [1.29, 1.82) is 0 Å². The average Bonchev–Trinajstić information content (AvgIpc) is 3.44. The number of aryl methyl sites for hydroxylation is 1. The highest BCUT2D eigenvalue weighted by Crippen LogP contribution is 2.32. The van der Waals surface area contributed by atoms with Gasteiger partial charge in [-0.1, -0.05) is 6.92 Å². The fourth-order valence-electron chi connectivity index (χ4n) is 3.86. The van der Waals surface area contributed by atoms with Crippen LogP contribution < -0.4 is 0 Å². The van der Waals surface area contributed by atoms with Crippen LogP contribution in [0.3, 0.4) is 0 Å². The molecule has 0 spiro atoms. The van der Waals surface area contributed by atoms with Crippen molar-refractivity contribution in [1.82, 2.24) is 9.88 Å². The van der Waals surface area contributed by atoms with E-state index < -0.39 is 5.97 Å². The molecule has 7 heteroatoms. The van der Waals surface area contributed by atoms with E-state index in [9.17, 15) is 14.4 Å². The van der Waals surface area contributed by atoms with Crippen molar-refractivity contribution >= 4 is 29.0 Å². The lowest BCUT2D eigenvalue weighted by Gasteiger charge is -2.16. The molecule has 1 unspecified atom stereocenters. The lowest BCUT2D eigenvalue weighted by Crippen LogP contribution is -2.27. The first-order chi connectivity index (χ1) is 13.5. The number of carbonyl (C=O) groups excluding carboxylic acids is 3. The fourth-order valence-corrected chi connectivity index (χ4v) is 4.96. The van der Waals surface area contributed by atoms with Crippen molar-refractivity contribution in [3.63, 3.8) is 0 Å². The van der Waals surface area contributed by atoms with Gasteiger partial charge >= 0.3 is 5.97 Å². The Kier molecular flexibility index (Phi) is 5.35. The molecule has 148 valence electrons. The van der Waals surface area contributed by atoms with Crippen molar-refractivity contribution in [3.05, 3.63) is 44.9 Å². The van der Waals surface area contributed by atoms with Gasteiger partial charge in [-0.3, -0.25) is 9.59 Å². The SMILES string of the molecule is CC1CCc2sc(C(=O)OCC(=O)c3c[nH]c(C(=O)N4CCCC4)c3)cc2C1. The Morgan fingerprint density at radius 1 is 1.25 bits per heavy atom. The molecule has 1 fully saturated rings. The molecule has 2 aromatic heterocycles. The highest BCUT2D eigenvalue weighted by atomic mass is 32.1. The number of H-pyrrole nitrogens is 1. The van der Waals surface area contributed by atoms with E-state index in [1.807, 2.05) is 6.07 Å². The average molecular weight is 401 g/mol. The van der Waals surface area contributed by atoms with Gasteiger partial charge in [0.1, 0.15) is 10.6 Å². The largest absolute Gasteiger partial charge is 0.453 e. The zero-order chi connectivity index (χ0) is 19.7. The highest BCUT2D eigenvalue weighted by molar-refractivity contribution is 7.14. The van der Waals surface area contributed by atoms with Crippen LogP contribution in [0, 0.1) is 5.92 Å². The van der Waals surface area contributed by atoms with E-state index in [1.54, 1.807) is 11.0 Å². The second-order valence-electron chi connectivity index (χ2n) is 7.71. The Morgan fingerprint density at radius 3 is 2.82 bits per heavy atom. The number of aromatic amines is 1. The number of nitrogens with one attached hydrogen (secondary N) is 1. The van der Waals surface area contributed by atoms with E-state index >= 15 is 0 Å². The minimum absolute atomic E-state index is 0.0908. The molecule has 2 aromatic rings. The summed E-state index contributed by atoms with van der Waals surface area (Å²) in [6, 6.07) is 3.45. The normalized spacial score (nSPS) is 18.8. The van der Waals surface area contributed by atoms with Gasteiger partial charge < -0.3 is 14.6 Å². The molecule has 0 saturated carbocycles. The number of fused-ring (bicyclic) bond motifs is 1. The van der Waals surface area contributed by atoms with Gasteiger partial charge in [-0.25, -0.2) is 4.79 Å². The molecule has 4 rings (SSSR count). The molecule has 1 aliphatic carbocycles. The molecule has 0 bridgehead atoms. The van der Waals surface area contributed by atoms with Crippen molar-refractivity contribution in [2.24, 2.45) is 5.92 Å². The van der Waals surface area contributed by atoms with Crippen molar-refractivity contribution < 1.29 is 19.1 Å². The number of aromatic nitrogens is 1. The lowest BCUT2D eigenvalue weighted by atomic mass is 9.90. The summed E-state index contributed by atoms with van der Waals surface area (Å²) in [5.41, 5.74) is 1.99. The summed E-state index contributed by atoms with van der Waals surface area (Å²) in [5.74, 6) is -0.227. The molecular weight excluding hydrogens is 376 g/mol. The molecule has 1 aliphatic heterocycles. The Morgan fingerprint density at radius 2 is 2.04 bits per heavy atom. The van der Waals surface area contributed by atoms with Crippen LogP contribution in [0.5, 0.6) is 0 Å². The summed E-state index contributed by atoms with van der Waals surface area (Å²) in [7, 11) is 0. The van der Waals surface area contributed by atoms with Crippen molar-refractivity contribution in [2.45, 2.75) is 39.0 Å². The van der Waals surface area contributed by atoms with Crippen LogP contribution in [0.1, 0.15) is 67.1 Å². The highest BCUT2D eigenvalue weighted by Gasteiger charge is 2.24. The van der Waals surface area contributed by atoms with Gasteiger partial charge in [0.05, 0.1) is 0 Å². The summed E-state index contributed by atoms with van der Waals surface area (Å²) in [6.45, 7) is 3.40. The van der Waals surface area contributed by atoms with E-state index in [2.05, 4.69) is 11.9 Å². The molecule has 2 aliphatic rings. The minimum Gasteiger partial charge on any atom is -0.453 e. The van der Waals surface area contributed by atoms with Gasteiger partial charge in [-0.15, -0.1) is 11.3 Å². The maximum atomic E-state index is 12.4. The Bertz CT molecular complexity index is 907. The van der Waals surface area contributed by atoms with Gasteiger partial charge in [-0.2, -0.15) is 0 Å². The number of ether oxygens (including phenoxy) is 1. The van der Waals surface area contributed by atoms with Crippen LogP contribution in [-0.4, -0.2) is 47.2 Å². The number of hydrogen-bond acceptors (Lipinski definition) is 5. The maximum absolute atomic E-state index is 12.4. The van der Waals surface area contributed by atoms with Crippen molar-refractivity contribution in [3.8, 4) is 0 Å². The van der Waals surface area contributed by atoms with Crippen LogP contribution in [-0.2, 0) is 17.6 Å². The first kappa shape index (κ1) is 18.9. The number of nitrogens with zero attached hydrogens (tertiary/aromatic N) is 1. The number of carbonyl (C=O) groups is 3. The molecule has 28 heavy (non-hydrogen) atoms. The van der Waals surface area contributed by atoms with Crippen LogP contribution in [0.2, 0.25) is 0 Å². The summed E-state index contributed by atoms with van der Waals surface area (Å²) >= 11 is 1.47. The van der Waals surface area contributed by atoms with E-state index in [0.29, 0.717) is 22.1 Å². The maximum Gasteiger partial charge on any atom is 0.348 e. The molecule has 1 amide bonds. The molecule has 3 heterocycles. The topological polar surface area (TPSA) is 79.5 Å². The zero-order valence-electron chi connectivity index (χ0n) is 16.0. The summed E-state index contributed by atoms with van der Waals surface area (Å²) in [5, 5.41) is 0. The van der Waals surface area contributed by atoms with Crippen LogP contribution in [0.25, 0.3) is 0 Å². The molecule has 0 aromatic carbocycles. The van der Waals surface area contributed by atoms with E-state index in [4.69, 9.17) is 4.74 Å². The summed E-state index contributed by atoms with van der Waals surface area (Å²) < 4.78 is 5.23. The number of likely N-dealkylation sites (tertiary alicyclic amines) is 1. The van der Waals surface area contributed by atoms with E-state index in [1.165, 1.54) is 28.0 Å². The van der Waals surface area contributed by atoms with Gasteiger partial charge in [0.2, 0.25) is 5.78 Å². The predicted octanol–water partition coefficient (Wildman–Crippen LogP) is 3.48. The van der Waals surface area contributed by atoms with Crippen LogP contribution >= 0.6 is 11.3 Å². The first-order valence-electron chi connectivity index (χ1n) is 9.81. The number of ketones is 1. The Balaban J connectivity index is 1.34. The number of esters is 1. The fraction of sp³-hybridized carbons (Fsp3) is 0.476. The summed E-state index contributed by atoms with van der Waals surface area (Å²) in [4.78, 5) is 43.5. The zero-order valence-corrected chi connectivity index (χ0v) is 16.8. The molecule has 1 saturated heterocycles. The molecular formula is C21H24N2O4S. The standard InChI is InChI=1S/C21H24N2O4S/c1-13-4-5-18-14(8-13)10-19(28-18)21(26)27-12-17(24)15-9-16(22-11-15)20(25)23-6-2-3-7-23/h9-11,13,22H,2-8,12H2,1H3. The lowest BCUT2D eigenvalue weighted by molar-refractivity contribution is 0.0479. The third-order valence-electron chi connectivity index (χ3n) is 5.49. The van der Waals surface area contributed by atoms with Crippen molar-refractivity contribution in [2.75, 3.05) is 19.7 Å². The first-order valence-corrected chi connectivity index (χ1v) is 10.6. The minimum atomic E-state index is -0.454. The Hall–Kier alpha value is -2.41. The van der Waals surface area contributed by atoms with Gasteiger partial charge in [0.15, 0.2) is 6.61 Å². The third-order valence-corrected chi connectivity index (χ3v) is 6.71. The molecule has 6 nitrogen and oxygen atoms in total. The summed E-state index contributed by atoms with van der Waals surface area (Å²) in [6.07, 6.45) is 6.68. The second-order valence-corrected chi connectivity index (χ2v) is 8.84. The van der Waals surface area contributed by atoms with Gasteiger partial charge in [0.25, 0.3) is 5.91 Å². The number of rotatable bonds is 5. The van der Waals surface area contributed by atoms with E-state index in [0.717, 1.165) is 45.2 Å². The smallest absolute Gasteiger partial charge is 0.348 e. The predicted molar refractivity (Wildman–Crippen MR) is 106 cm³/mol.